The normalized spacial score (nSPS) is 10.4. The Morgan fingerprint density at radius 3 is 2.32 bits per heavy atom. The van der Waals surface area contributed by atoms with E-state index < -0.39 is 6.09 Å². The molecule has 0 fully saturated rings. The molecule has 0 saturated carbocycles. The maximum atomic E-state index is 11.9. The van der Waals surface area contributed by atoms with Gasteiger partial charge in [0.05, 0.1) is 11.4 Å². The van der Waals surface area contributed by atoms with E-state index in [0.29, 0.717) is 11.4 Å². The van der Waals surface area contributed by atoms with Gasteiger partial charge in [0.1, 0.15) is 0 Å². The minimum atomic E-state index is -1.19. The summed E-state index contributed by atoms with van der Waals surface area (Å²) in [6.07, 6.45) is 1.87. The Kier molecular flexibility index (Phi) is 5.32. The van der Waals surface area contributed by atoms with Crippen LogP contribution in [0.25, 0.3) is 6.08 Å². The van der Waals surface area contributed by atoms with E-state index in [1.807, 2.05) is 24.3 Å². The molecule has 112 valence electrons. The topological polar surface area (TPSA) is 78.4 Å². The molecule has 5 nitrogen and oxygen atoms in total. The minimum absolute atomic E-state index is 0.319. The van der Waals surface area contributed by atoms with Crippen molar-refractivity contribution in [2.45, 2.75) is 0 Å². The third-order valence-electron chi connectivity index (χ3n) is 2.70. The van der Waals surface area contributed by atoms with Gasteiger partial charge in [-0.2, -0.15) is 0 Å². The fraction of sp³-hybridized carbons (Fsp3) is 0. The van der Waals surface area contributed by atoms with Crippen LogP contribution in [-0.2, 0) is 4.79 Å². The van der Waals surface area contributed by atoms with Crippen molar-refractivity contribution in [2.24, 2.45) is 0 Å². The highest BCUT2D eigenvalue weighted by Gasteiger charge is 2.06. The molecule has 0 bridgehead atoms. The van der Waals surface area contributed by atoms with Crippen molar-refractivity contribution < 1.29 is 14.7 Å². The summed E-state index contributed by atoms with van der Waals surface area (Å²) in [6.45, 7) is 0. The second-order valence-corrected chi connectivity index (χ2v) is 5.27. The van der Waals surface area contributed by atoms with Crippen molar-refractivity contribution in [1.82, 2.24) is 0 Å². The Morgan fingerprint density at radius 2 is 1.68 bits per heavy atom. The van der Waals surface area contributed by atoms with Gasteiger partial charge in [-0.15, -0.1) is 0 Å². The van der Waals surface area contributed by atoms with Gasteiger partial charge in [0, 0.05) is 10.5 Å². The smallest absolute Gasteiger partial charge is 0.409 e. The molecule has 0 saturated heterocycles. The second-order valence-electron chi connectivity index (χ2n) is 4.35. The fourth-order valence-corrected chi connectivity index (χ4v) is 2.19. The number of benzene rings is 2. The fourth-order valence-electron chi connectivity index (χ4n) is 1.77. The zero-order valence-electron chi connectivity index (χ0n) is 11.4. The van der Waals surface area contributed by atoms with Crippen molar-refractivity contribution in [2.75, 3.05) is 10.6 Å². The highest BCUT2D eigenvalue weighted by molar-refractivity contribution is 9.10. The summed E-state index contributed by atoms with van der Waals surface area (Å²) in [4.78, 5) is 22.6. The Morgan fingerprint density at radius 1 is 1.00 bits per heavy atom. The zero-order chi connectivity index (χ0) is 15.9. The van der Waals surface area contributed by atoms with Crippen LogP contribution in [0.1, 0.15) is 5.56 Å². The molecule has 2 rings (SSSR count). The molecule has 0 aliphatic rings. The highest BCUT2D eigenvalue weighted by atomic mass is 79.9. The summed E-state index contributed by atoms with van der Waals surface area (Å²) in [6, 6.07) is 14.1. The zero-order valence-corrected chi connectivity index (χ0v) is 13.0. The number of carboxylic acid groups (broad SMARTS) is 1. The molecule has 3 N–H and O–H groups in total. The van der Waals surface area contributed by atoms with Gasteiger partial charge >= 0.3 is 6.09 Å². The number of nitrogens with one attached hydrogen (secondary N) is 2. The molecule has 22 heavy (non-hydrogen) atoms. The third kappa shape index (κ3) is 4.75. The van der Waals surface area contributed by atoms with Crippen molar-refractivity contribution in [3.05, 3.63) is 64.6 Å². The van der Waals surface area contributed by atoms with E-state index in [1.54, 1.807) is 30.3 Å². The van der Waals surface area contributed by atoms with Crippen LogP contribution in [0.15, 0.2) is 59.1 Å². The molecule has 0 spiro atoms. The second kappa shape index (κ2) is 7.42. The quantitative estimate of drug-likeness (QED) is 0.715. The summed E-state index contributed by atoms with van der Waals surface area (Å²) < 4.78 is 0.922. The number of carbonyl (C=O) groups is 2. The Hall–Kier alpha value is -2.60. The van der Waals surface area contributed by atoms with E-state index in [-0.39, 0.29) is 5.91 Å². The van der Waals surface area contributed by atoms with E-state index in [2.05, 4.69) is 26.6 Å². The molecule has 2 aromatic rings. The first kappa shape index (κ1) is 15.8. The van der Waals surface area contributed by atoms with Crippen LogP contribution in [0.2, 0.25) is 0 Å². The number of amides is 2. The predicted molar refractivity (Wildman–Crippen MR) is 89.9 cm³/mol. The molecule has 0 aliphatic heterocycles. The van der Waals surface area contributed by atoms with Gasteiger partial charge in [0.15, 0.2) is 0 Å². The van der Waals surface area contributed by atoms with Crippen LogP contribution >= 0.6 is 15.9 Å². The lowest BCUT2D eigenvalue weighted by Gasteiger charge is -2.08. The molecule has 2 aromatic carbocycles. The molecule has 0 unspecified atom stereocenters. The first-order valence-corrected chi connectivity index (χ1v) is 7.17. The number of anilines is 2. The van der Waals surface area contributed by atoms with Gasteiger partial charge in [-0.05, 0) is 35.9 Å². The van der Waals surface area contributed by atoms with Crippen LogP contribution in [0.5, 0.6) is 0 Å². The summed E-state index contributed by atoms with van der Waals surface area (Å²) in [7, 11) is 0. The van der Waals surface area contributed by atoms with Crippen LogP contribution in [0.3, 0.4) is 0 Å². The van der Waals surface area contributed by atoms with E-state index in [1.165, 1.54) is 6.08 Å². The molecular weight excluding hydrogens is 348 g/mol. The van der Waals surface area contributed by atoms with Gasteiger partial charge in [-0.1, -0.05) is 40.2 Å². The number of halogens is 1. The van der Waals surface area contributed by atoms with E-state index in [9.17, 15) is 9.59 Å². The average Bonchev–Trinajstić information content (AvgIpc) is 2.47. The van der Waals surface area contributed by atoms with Gasteiger partial charge in [-0.25, -0.2) is 4.79 Å². The number of para-hydroxylation sites is 2. The van der Waals surface area contributed by atoms with Crippen molar-refractivity contribution in [3.63, 3.8) is 0 Å². The van der Waals surface area contributed by atoms with Gasteiger partial charge in [0.25, 0.3) is 0 Å². The molecule has 0 aliphatic carbocycles. The SMILES string of the molecule is O=C(O)Nc1ccccc1NC(=O)C=Cc1cccc(Br)c1. The predicted octanol–water partition coefficient (Wildman–Crippen LogP) is 4.19. The molecule has 0 atom stereocenters. The Balaban J connectivity index is 2.08. The van der Waals surface area contributed by atoms with E-state index in [0.717, 1.165) is 10.0 Å². The van der Waals surface area contributed by atoms with Gasteiger partial charge in [-0.3, -0.25) is 10.1 Å². The van der Waals surface area contributed by atoms with Crippen molar-refractivity contribution >= 4 is 45.4 Å². The molecular formula is C16H13BrN2O3. The van der Waals surface area contributed by atoms with Crippen LogP contribution < -0.4 is 10.6 Å². The van der Waals surface area contributed by atoms with Crippen molar-refractivity contribution in [3.8, 4) is 0 Å². The molecule has 6 heteroatoms. The lowest BCUT2D eigenvalue weighted by molar-refractivity contribution is -0.111. The maximum absolute atomic E-state index is 11.9. The molecule has 0 radical (unpaired) electrons. The lowest BCUT2D eigenvalue weighted by Crippen LogP contribution is -2.13. The third-order valence-corrected chi connectivity index (χ3v) is 3.20. The van der Waals surface area contributed by atoms with Crippen LogP contribution in [0, 0.1) is 0 Å². The standard InChI is InChI=1S/C16H13BrN2O3/c17-12-5-3-4-11(10-12)8-9-15(20)18-13-6-1-2-7-14(13)19-16(21)22/h1-10,19H,(H,18,20)(H,21,22). The van der Waals surface area contributed by atoms with E-state index in [4.69, 9.17) is 5.11 Å². The maximum Gasteiger partial charge on any atom is 0.409 e. The Labute approximate surface area is 135 Å². The monoisotopic (exact) mass is 360 g/mol. The molecule has 0 heterocycles. The van der Waals surface area contributed by atoms with Crippen LogP contribution in [-0.4, -0.2) is 17.1 Å². The number of hydrogen-bond acceptors (Lipinski definition) is 2. The van der Waals surface area contributed by atoms with Crippen molar-refractivity contribution in [1.29, 1.82) is 0 Å². The van der Waals surface area contributed by atoms with Gasteiger partial charge < -0.3 is 10.4 Å². The number of hydrogen-bond donors (Lipinski definition) is 3. The first-order chi connectivity index (χ1) is 10.5. The average molecular weight is 361 g/mol. The summed E-state index contributed by atoms with van der Waals surface area (Å²) in [5.74, 6) is -0.348. The first-order valence-electron chi connectivity index (χ1n) is 6.38. The summed E-state index contributed by atoms with van der Waals surface area (Å²) in [5, 5.41) is 13.6. The van der Waals surface area contributed by atoms with Crippen LogP contribution in [0.4, 0.5) is 16.2 Å². The largest absolute Gasteiger partial charge is 0.465 e. The van der Waals surface area contributed by atoms with E-state index >= 15 is 0 Å². The number of rotatable bonds is 4. The minimum Gasteiger partial charge on any atom is -0.465 e. The summed E-state index contributed by atoms with van der Waals surface area (Å²) in [5.41, 5.74) is 1.59. The Bertz CT molecular complexity index is 729. The summed E-state index contributed by atoms with van der Waals surface area (Å²) >= 11 is 3.36. The highest BCUT2D eigenvalue weighted by Crippen LogP contribution is 2.21. The number of carbonyl (C=O) groups excluding carboxylic acids is 1. The lowest BCUT2D eigenvalue weighted by atomic mass is 10.2. The molecule has 2 amide bonds. The molecule has 0 aromatic heterocycles. The van der Waals surface area contributed by atoms with Gasteiger partial charge in [0.2, 0.25) is 5.91 Å².